The van der Waals surface area contributed by atoms with E-state index in [1.165, 1.54) is 34.8 Å². The van der Waals surface area contributed by atoms with E-state index in [2.05, 4.69) is 10.3 Å². The number of nitrogens with one attached hydrogen (secondary N) is 1. The molecule has 0 aliphatic heterocycles. The predicted molar refractivity (Wildman–Crippen MR) is 105 cm³/mol. The molecule has 1 amide bonds. The van der Waals surface area contributed by atoms with Gasteiger partial charge >= 0.3 is 0 Å². The van der Waals surface area contributed by atoms with Gasteiger partial charge in [0.25, 0.3) is 5.91 Å². The number of hydrogen-bond acceptors (Lipinski definition) is 5. The van der Waals surface area contributed by atoms with Crippen LogP contribution in [0.25, 0.3) is 0 Å². The lowest BCUT2D eigenvalue weighted by molar-refractivity contribution is 0.102. The van der Waals surface area contributed by atoms with E-state index < -0.39 is 10.0 Å². The maximum absolute atomic E-state index is 12.8. The first-order chi connectivity index (χ1) is 12.9. The zero-order valence-corrected chi connectivity index (χ0v) is 16.1. The van der Waals surface area contributed by atoms with Crippen molar-refractivity contribution in [1.29, 1.82) is 0 Å². The number of hydrogen-bond donors (Lipinski definition) is 2. The average molecular weight is 388 g/mol. The summed E-state index contributed by atoms with van der Waals surface area (Å²) in [5, 5.41) is 2.70. The maximum atomic E-state index is 12.8. The van der Waals surface area contributed by atoms with Crippen LogP contribution in [-0.2, 0) is 10.0 Å². The second kappa shape index (κ2) is 8.06. The number of carbonyl (C=O) groups is 1. The molecule has 3 N–H and O–H groups in total. The first kappa shape index (κ1) is 19.3. The summed E-state index contributed by atoms with van der Waals surface area (Å²) in [6, 6.07) is 9.27. The monoisotopic (exact) mass is 388 g/mol. The largest absolute Gasteiger partial charge is 0.384 e. The van der Waals surface area contributed by atoms with Crippen molar-refractivity contribution < 1.29 is 13.2 Å². The highest BCUT2D eigenvalue weighted by Gasteiger charge is 2.29. The number of pyridine rings is 1. The van der Waals surface area contributed by atoms with E-state index >= 15 is 0 Å². The van der Waals surface area contributed by atoms with E-state index in [0.717, 1.165) is 32.1 Å². The first-order valence-electron chi connectivity index (χ1n) is 8.99. The van der Waals surface area contributed by atoms with Gasteiger partial charge in [0, 0.05) is 18.7 Å². The maximum Gasteiger partial charge on any atom is 0.255 e. The van der Waals surface area contributed by atoms with E-state index in [1.54, 1.807) is 19.2 Å². The highest BCUT2D eigenvalue weighted by molar-refractivity contribution is 7.89. The van der Waals surface area contributed by atoms with Crippen LogP contribution >= 0.6 is 0 Å². The number of benzene rings is 1. The van der Waals surface area contributed by atoms with Gasteiger partial charge in [0.05, 0.1) is 16.8 Å². The third-order valence-electron chi connectivity index (χ3n) is 4.93. The highest BCUT2D eigenvalue weighted by Crippen LogP contribution is 2.26. The third kappa shape index (κ3) is 4.45. The fraction of sp³-hybridized carbons (Fsp3) is 0.368. The lowest BCUT2D eigenvalue weighted by Crippen LogP contribution is -2.38. The Kier molecular flexibility index (Phi) is 5.76. The summed E-state index contributed by atoms with van der Waals surface area (Å²) in [4.78, 5) is 16.4. The van der Waals surface area contributed by atoms with Crippen LogP contribution in [0.1, 0.15) is 42.5 Å². The van der Waals surface area contributed by atoms with Crippen molar-refractivity contribution in [3.63, 3.8) is 0 Å². The van der Waals surface area contributed by atoms with E-state index in [9.17, 15) is 13.2 Å². The third-order valence-corrected chi connectivity index (χ3v) is 6.85. The normalized spacial score (nSPS) is 15.6. The molecule has 1 fully saturated rings. The molecule has 1 aromatic heterocycles. The second-order valence-corrected chi connectivity index (χ2v) is 8.76. The van der Waals surface area contributed by atoms with Crippen LogP contribution in [0.2, 0.25) is 0 Å². The first-order valence-corrected chi connectivity index (χ1v) is 10.4. The quantitative estimate of drug-likeness (QED) is 0.819. The topological polar surface area (TPSA) is 105 Å². The zero-order valence-electron chi connectivity index (χ0n) is 15.3. The fourth-order valence-corrected chi connectivity index (χ4v) is 4.68. The standard InChI is InChI=1S/C19H24N4O3S/c1-23(16-5-3-2-4-6-16)27(25,26)17-10-7-14(8-11-17)19(24)22-15-9-12-18(20)21-13-15/h7-13,16H,2-6H2,1H3,(H2,20,21)(H,22,24). The number of amides is 1. The zero-order chi connectivity index (χ0) is 19.4. The Hall–Kier alpha value is -2.45. The molecule has 1 aliphatic carbocycles. The molecule has 144 valence electrons. The number of anilines is 2. The van der Waals surface area contributed by atoms with Crippen molar-refractivity contribution >= 4 is 27.4 Å². The molecule has 0 unspecified atom stereocenters. The molecule has 3 rings (SSSR count). The number of carbonyl (C=O) groups excluding carboxylic acids is 1. The summed E-state index contributed by atoms with van der Waals surface area (Å²) < 4.78 is 27.2. The minimum absolute atomic E-state index is 0.0461. The van der Waals surface area contributed by atoms with Gasteiger partial charge in [-0.1, -0.05) is 19.3 Å². The molecule has 1 aliphatic rings. The second-order valence-electron chi connectivity index (χ2n) is 6.76. The average Bonchev–Trinajstić information content (AvgIpc) is 2.70. The molecule has 1 heterocycles. The molecule has 1 aromatic carbocycles. The number of nitrogen functional groups attached to an aromatic ring is 1. The number of aromatic nitrogens is 1. The molecule has 0 bridgehead atoms. The van der Waals surface area contributed by atoms with Gasteiger partial charge in [0.2, 0.25) is 10.0 Å². The van der Waals surface area contributed by atoms with Crippen LogP contribution in [0, 0.1) is 0 Å². The van der Waals surface area contributed by atoms with Crippen LogP contribution in [0.15, 0.2) is 47.5 Å². The lowest BCUT2D eigenvalue weighted by Gasteiger charge is -2.30. The number of nitrogens with two attached hydrogens (primary N) is 1. The van der Waals surface area contributed by atoms with Crippen LogP contribution in [-0.4, -0.2) is 36.7 Å². The Morgan fingerprint density at radius 1 is 1.11 bits per heavy atom. The minimum Gasteiger partial charge on any atom is -0.384 e. The summed E-state index contributed by atoms with van der Waals surface area (Å²) in [5.41, 5.74) is 6.40. The minimum atomic E-state index is -3.57. The smallest absolute Gasteiger partial charge is 0.255 e. The molecule has 0 spiro atoms. The molecule has 1 saturated carbocycles. The van der Waals surface area contributed by atoms with Crippen LogP contribution in [0.3, 0.4) is 0 Å². The van der Waals surface area contributed by atoms with Gasteiger partial charge < -0.3 is 11.1 Å². The van der Waals surface area contributed by atoms with Gasteiger partial charge in [-0.05, 0) is 49.2 Å². The number of nitrogens with zero attached hydrogens (tertiary/aromatic N) is 2. The van der Waals surface area contributed by atoms with Crippen molar-refractivity contribution in [1.82, 2.24) is 9.29 Å². The molecular weight excluding hydrogens is 364 g/mol. The summed E-state index contributed by atoms with van der Waals surface area (Å²) in [6.45, 7) is 0. The van der Waals surface area contributed by atoms with Gasteiger partial charge in [-0.15, -0.1) is 0 Å². The Balaban J connectivity index is 1.71. The summed E-state index contributed by atoms with van der Waals surface area (Å²) in [6.07, 6.45) is 6.54. The van der Waals surface area contributed by atoms with E-state index in [1.807, 2.05) is 0 Å². The highest BCUT2D eigenvalue weighted by atomic mass is 32.2. The molecule has 7 nitrogen and oxygen atoms in total. The Bertz CT molecular complexity index is 890. The molecule has 27 heavy (non-hydrogen) atoms. The van der Waals surface area contributed by atoms with Crippen LogP contribution in [0.4, 0.5) is 11.5 Å². The van der Waals surface area contributed by atoms with E-state index in [4.69, 9.17) is 5.73 Å². The Labute approximate surface area is 159 Å². The van der Waals surface area contributed by atoms with Gasteiger partial charge in [-0.2, -0.15) is 4.31 Å². The van der Waals surface area contributed by atoms with Crippen molar-refractivity contribution in [2.75, 3.05) is 18.1 Å². The Morgan fingerprint density at radius 3 is 2.37 bits per heavy atom. The molecule has 0 saturated heterocycles. The van der Waals surface area contributed by atoms with Gasteiger partial charge in [0.15, 0.2) is 0 Å². The van der Waals surface area contributed by atoms with Gasteiger partial charge in [-0.25, -0.2) is 13.4 Å². The summed E-state index contributed by atoms with van der Waals surface area (Å²) >= 11 is 0. The molecule has 2 aromatic rings. The van der Waals surface area contributed by atoms with E-state index in [-0.39, 0.29) is 16.8 Å². The van der Waals surface area contributed by atoms with Crippen molar-refractivity contribution in [3.8, 4) is 0 Å². The molecule has 0 radical (unpaired) electrons. The molecular formula is C19H24N4O3S. The number of rotatable bonds is 5. The lowest BCUT2D eigenvalue weighted by atomic mass is 9.96. The fourth-order valence-electron chi connectivity index (χ4n) is 3.27. The van der Waals surface area contributed by atoms with Crippen LogP contribution in [0.5, 0.6) is 0 Å². The summed E-state index contributed by atoms with van der Waals surface area (Å²) in [5.74, 6) is 0.0239. The molecule has 0 atom stereocenters. The van der Waals surface area contributed by atoms with Crippen molar-refractivity contribution in [2.45, 2.75) is 43.0 Å². The molecule has 8 heteroatoms. The Morgan fingerprint density at radius 2 is 1.78 bits per heavy atom. The van der Waals surface area contributed by atoms with Crippen molar-refractivity contribution in [2.24, 2.45) is 0 Å². The predicted octanol–water partition coefficient (Wildman–Crippen LogP) is 2.87. The SMILES string of the molecule is CN(C1CCCCC1)S(=O)(=O)c1ccc(C(=O)Nc2ccc(N)nc2)cc1. The van der Waals surface area contributed by atoms with Crippen molar-refractivity contribution in [3.05, 3.63) is 48.2 Å². The van der Waals surface area contributed by atoms with Gasteiger partial charge in [-0.3, -0.25) is 4.79 Å². The summed E-state index contributed by atoms with van der Waals surface area (Å²) in [7, 11) is -1.93. The van der Waals surface area contributed by atoms with Gasteiger partial charge in [0.1, 0.15) is 5.82 Å². The number of sulfonamides is 1. The van der Waals surface area contributed by atoms with Crippen LogP contribution < -0.4 is 11.1 Å². The van der Waals surface area contributed by atoms with E-state index in [0.29, 0.717) is 17.1 Å².